The van der Waals surface area contributed by atoms with Crippen LogP contribution in [0.25, 0.3) is 0 Å². The summed E-state index contributed by atoms with van der Waals surface area (Å²) in [7, 11) is -2.03. The van der Waals surface area contributed by atoms with E-state index in [0.717, 1.165) is 25.9 Å². The predicted octanol–water partition coefficient (Wildman–Crippen LogP) is 2.54. The van der Waals surface area contributed by atoms with Crippen LogP contribution in [-0.4, -0.2) is 45.6 Å². The predicted molar refractivity (Wildman–Crippen MR) is 83.8 cm³/mol. The lowest BCUT2D eigenvalue weighted by Gasteiger charge is -2.24. The number of rotatable bonds is 6. The van der Waals surface area contributed by atoms with Gasteiger partial charge < -0.3 is 9.47 Å². The largest absolute Gasteiger partial charge is 0.495 e. The molecule has 5 nitrogen and oxygen atoms in total. The smallest absolute Gasteiger partial charge is 0.243 e. The van der Waals surface area contributed by atoms with Gasteiger partial charge >= 0.3 is 0 Å². The molecule has 0 N–H and O–H groups in total. The number of nitrogens with zero attached hydrogens (tertiary/aromatic N) is 1. The lowest BCUT2D eigenvalue weighted by molar-refractivity contribution is 0.180. The highest BCUT2D eigenvalue weighted by atomic mass is 35.5. The second-order valence-corrected chi connectivity index (χ2v) is 8.13. The number of sulfonamides is 1. The van der Waals surface area contributed by atoms with Crippen molar-refractivity contribution in [2.75, 3.05) is 26.9 Å². The Morgan fingerprint density at radius 3 is 2.68 bits per heavy atom. The van der Waals surface area contributed by atoms with Gasteiger partial charge in [-0.05, 0) is 43.4 Å². The van der Waals surface area contributed by atoms with Crippen LogP contribution in [0.3, 0.4) is 0 Å². The monoisotopic (exact) mass is 345 g/mol. The highest BCUT2D eigenvalue weighted by Crippen LogP contribution is 2.35. The standard InChI is InChI=1S/C15H20ClNO4S/c1-20-15-5-4-13(8-14(15)16)22(18,19)17(12-2-3-12)9-11-6-7-21-10-11/h4-5,8,11-12H,2-3,6-7,9-10H2,1H3/t11-/m0/s1. The van der Waals surface area contributed by atoms with E-state index in [9.17, 15) is 8.42 Å². The van der Waals surface area contributed by atoms with Gasteiger partial charge in [0.2, 0.25) is 10.0 Å². The van der Waals surface area contributed by atoms with E-state index in [4.69, 9.17) is 21.1 Å². The number of benzene rings is 1. The van der Waals surface area contributed by atoms with Gasteiger partial charge in [-0.2, -0.15) is 4.31 Å². The normalized spacial score (nSPS) is 22.2. The molecule has 2 fully saturated rings. The van der Waals surface area contributed by atoms with Crippen molar-refractivity contribution in [2.45, 2.75) is 30.2 Å². The molecule has 0 amide bonds. The first-order valence-electron chi connectivity index (χ1n) is 7.45. The molecule has 1 heterocycles. The zero-order valence-corrected chi connectivity index (χ0v) is 14.1. The van der Waals surface area contributed by atoms with Crippen LogP contribution in [0.2, 0.25) is 5.02 Å². The molecule has 3 rings (SSSR count). The van der Waals surface area contributed by atoms with Crippen LogP contribution < -0.4 is 4.74 Å². The van der Waals surface area contributed by atoms with Crippen LogP contribution in [-0.2, 0) is 14.8 Å². The van der Waals surface area contributed by atoms with Crippen molar-refractivity contribution in [2.24, 2.45) is 5.92 Å². The van der Waals surface area contributed by atoms with Crippen molar-refractivity contribution >= 4 is 21.6 Å². The molecular formula is C15H20ClNO4S. The molecule has 1 aromatic carbocycles. The van der Waals surface area contributed by atoms with Crippen molar-refractivity contribution in [3.63, 3.8) is 0 Å². The van der Waals surface area contributed by atoms with Crippen LogP contribution in [0.5, 0.6) is 5.75 Å². The molecule has 0 radical (unpaired) electrons. The van der Waals surface area contributed by atoms with E-state index in [1.165, 1.54) is 13.2 Å². The summed E-state index contributed by atoms with van der Waals surface area (Å²) in [5, 5.41) is 0.309. The van der Waals surface area contributed by atoms with Crippen molar-refractivity contribution < 1.29 is 17.9 Å². The molecule has 2 aliphatic rings. The average molecular weight is 346 g/mol. The van der Waals surface area contributed by atoms with E-state index < -0.39 is 10.0 Å². The Morgan fingerprint density at radius 2 is 2.14 bits per heavy atom. The third-order valence-corrected chi connectivity index (χ3v) is 6.36. The Morgan fingerprint density at radius 1 is 1.36 bits per heavy atom. The summed E-state index contributed by atoms with van der Waals surface area (Å²) >= 11 is 6.08. The number of ether oxygens (including phenoxy) is 2. The van der Waals surface area contributed by atoms with Gasteiger partial charge in [0.25, 0.3) is 0 Å². The molecule has 0 aromatic heterocycles. The minimum atomic E-state index is -3.54. The van der Waals surface area contributed by atoms with Crippen LogP contribution in [0.4, 0.5) is 0 Å². The Balaban J connectivity index is 1.86. The van der Waals surface area contributed by atoms with E-state index in [1.54, 1.807) is 16.4 Å². The zero-order chi connectivity index (χ0) is 15.7. The molecule has 1 saturated heterocycles. The zero-order valence-electron chi connectivity index (χ0n) is 12.5. The first-order chi connectivity index (χ1) is 10.5. The molecule has 22 heavy (non-hydrogen) atoms. The van der Waals surface area contributed by atoms with Gasteiger partial charge in [-0.3, -0.25) is 0 Å². The van der Waals surface area contributed by atoms with Gasteiger partial charge in [0.05, 0.1) is 23.6 Å². The van der Waals surface area contributed by atoms with Crippen molar-refractivity contribution in [3.05, 3.63) is 23.2 Å². The molecule has 1 saturated carbocycles. The lowest BCUT2D eigenvalue weighted by atomic mass is 10.1. The summed E-state index contributed by atoms with van der Waals surface area (Å²) in [4.78, 5) is 0.226. The Hall–Kier alpha value is -0.820. The number of hydrogen-bond acceptors (Lipinski definition) is 4. The maximum atomic E-state index is 12.9. The minimum Gasteiger partial charge on any atom is -0.495 e. The van der Waals surface area contributed by atoms with Gasteiger partial charge in [-0.15, -0.1) is 0 Å². The Kier molecular flexibility index (Phi) is 4.64. The maximum absolute atomic E-state index is 12.9. The molecular weight excluding hydrogens is 326 g/mol. The second kappa shape index (κ2) is 6.35. The highest BCUT2D eigenvalue weighted by molar-refractivity contribution is 7.89. The van der Waals surface area contributed by atoms with Crippen LogP contribution in [0.15, 0.2) is 23.1 Å². The average Bonchev–Trinajstić information content (AvgIpc) is 3.20. The second-order valence-electron chi connectivity index (χ2n) is 5.83. The minimum absolute atomic E-state index is 0.117. The topological polar surface area (TPSA) is 55.8 Å². The molecule has 122 valence electrons. The molecule has 1 atom stereocenters. The van der Waals surface area contributed by atoms with Gasteiger partial charge in [0.15, 0.2) is 0 Å². The summed E-state index contributed by atoms with van der Waals surface area (Å²) in [6.45, 7) is 1.89. The van der Waals surface area contributed by atoms with Gasteiger partial charge in [-0.25, -0.2) is 8.42 Å². The summed E-state index contributed by atoms with van der Waals surface area (Å²) in [5.41, 5.74) is 0. The summed E-state index contributed by atoms with van der Waals surface area (Å²) in [5.74, 6) is 0.756. The van der Waals surface area contributed by atoms with Gasteiger partial charge in [-0.1, -0.05) is 11.6 Å². The van der Waals surface area contributed by atoms with Gasteiger partial charge in [0, 0.05) is 19.2 Å². The van der Waals surface area contributed by atoms with Crippen LogP contribution in [0.1, 0.15) is 19.3 Å². The number of methoxy groups -OCH3 is 1. The molecule has 1 aromatic rings. The van der Waals surface area contributed by atoms with E-state index in [0.29, 0.717) is 23.9 Å². The van der Waals surface area contributed by atoms with E-state index in [2.05, 4.69) is 0 Å². The molecule has 0 bridgehead atoms. The third kappa shape index (κ3) is 3.25. The van der Waals surface area contributed by atoms with Gasteiger partial charge in [0.1, 0.15) is 5.75 Å². The van der Waals surface area contributed by atoms with E-state index in [1.807, 2.05) is 0 Å². The van der Waals surface area contributed by atoms with Crippen molar-refractivity contribution in [1.29, 1.82) is 0 Å². The fourth-order valence-corrected chi connectivity index (χ4v) is 4.84. The van der Waals surface area contributed by atoms with Crippen molar-refractivity contribution in [3.8, 4) is 5.75 Å². The van der Waals surface area contributed by atoms with E-state index >= 15 is 0 Å². The van der Waals surface area contributed by atoms with E-state index in [-0.39, 0.29) is 16.9 Å². The molecule has 1 aliphatic heterocycles. The van der Waals surface area contributed by atoms with Crippen molar-refractivity contribution in [1.82, 2.24) is 4.31 Å². The molecule has 7 heteroatoms. The number of hydrogen-bond donors (Lipinski definition) is 0. The third-order valence-electron chi connectivity index (χ3n) is 4.15. The fourth-order valence-electron chi connectivity index (χ4n) is 2.73. The summed E-state index contributed by atoms with van der Waals surface area (Å²) < 4.78 is 38.0. The Labute approximate surface area is 136 Å². The fraction of sp³-hybridized carbons (Fsp3) is 0.600. The summed E-state index contributed by atoms with van der Waals surface area (Å²) in [6.07, 6.45) is 2.77. The highest BCUT2D eigenvalue weighted by Gasteiger charge is 2.39. The maximum Gasteiger partial charge on any atom is 0.243 e. The quantitative estimate of drug-likeness (QED) is 0.795. The molecule has 1 aliphatic carbocycles. The first kappa shape index (κ1) is 16.1. The van der Waals surface area contributed by atoms with Crippen LogP contribution >= 0.6 is 11.6 Å². The number of halogens is 1. The Bertz CT molecular complexity index is 639. The molecule has 0 unspecified atom stereocenters. The first-order valence-corrected chi connectivity index (χ1v) is 9.27. The van der Waals surface area contributed by atoms with Crippen LogP contribution in [0, 0.1) is 5.92 Å². The SMILES string of the molecule is COc1ccc(S(=O)(=O)N(C[C@@H]2CCOC2)C2CC2)cc1Cl. The summed E-state index contributed by atoms with van der Waals surface area (Å²) in [6, 6.07) is 4.74. The lowest BCUT2D eigenvalue weighted by Crippen LogP contribution is -2.37. The molecule has 0 spiro atoms.